The molecule has 0 aliphatic rings. The van der Waals surface area contributed by atoms with Crippen molar-refractivity contribution in [2.75, 3.05) is 0 Å². The average molecular weight is 243 g/mol. The van der Waals surface area contributed by atoms with Gasteiger partial charge in [0.1, 0.15) is 5.82 Å². The summed E-state index contributed by atoms with van der Waals surface area (Å²) in [7, 11) is 0. The molecule has 18 heavy (non-hydrogen) atoms. The molecule has 0 saturated carbocycles. The summed E-state index contributed by atoms with van der Waals surface area (Å²) in [5.41, 5.74) is 9.10. The van der Waals surface area contributed by atoms with Crippen LogP contribution in [0.5, 0.6) is 0 Å². The Balaban J connectivity index is 2.36. The maximum absolute atomic E-state index is 13.9. The van der Waals surface area contributed by atoms with E-state index in [2.05, 4.69) is 26.0 Å². The molecule has 0 aliphatic carbocycles. The third-order valence-corrected chi connectivity index (χ3v) is 3.16. The number of rotatable bonds is 3. The number of hydrogen-bond acceptors (Lipinski definition) is 1. The van der Waals surface area contributed by atoms with Crippen molar-refractivity contribution in [3.63, 3.8) is 0 Å². The molecule has 0 fully saturated rings. The molecule has 0 unspecified atom stereocenters. The van der Waals surface area contributed by atoms with Gasteiger partial charge in [-0.1, -0.05) is 50.2 Å². The maximum Gasteiger partial charge on any atom is 0.131 e. The normalized spacial score (nSPS) is 10.9. The van der Waals surface area contributed by atoms with Crippen LogP contribution in [0, 0.1) is 5.82 Å². The molecule has 2 aromatic carbocycles. The minimum Gasteiger partial charge on any atom is -0.326 e. The number of nitrogens with two attached hydrogens (primary N) is 1. The Hall–Kier alpha value is -1.67. The molecule has 2 aromatic rings. The van der Waals surface area contributed by atoms with Crippen LogP contribution in [0.2, 0.25) is 0 Å². The quantitative estimate of drug-likeness (QED) is 0.863. The fourth-order valence-electron chi connectivity index (χ4n) is 1.97. The Labute approximate surface area is 107 Å². The SMILES string of the molecule is CC(C)c1ccc(-c2ccc(CN)cc2F)cc1. The Morgan fingerprint density at radius 2 is 1.72 bits per heavy atom. The molecule has 2 rings (SSSR count). The predicted molar refractivity (Wildman–Crippen MR) is 73.8 cm³/mol. The molecule has 0 amide bonds. The summed E-state index contributed by atoms with van der Waals surface area (Å²) in [6.07, 6.45) is 0. The van der Waals surface area contributed by atoms with Gasteiger partial charge in [-0.3, -0.25) is 0 Å². The highest BCUT2D eigenvalue weighted by Gasteiger charge is 2.06. The van der Waals surface area contributed by atoms with Crippen molar-refractivity contribution in [2.45, 2.75) is 26.3 Å². The van der Waals surface area contributed by atoms with E-state index in [9.17, 15) is 4.39 Å². The molecular formula is C16H18FN. The van der Waals surface area contributed by atoms with Gasteiger partial charge in [-0.05, 0) is 28.7 Å². The first-order valence-corrected chi connectivity index (χ1v) is 6.20. The van der Waals surface area contributed by atoms with Gasteiger partial charge in [-0.2, -0.15) is 0 Å². The summed E-state index contributed by atoms with van der Waals surface area (Å²) >= 11 is 0. The summed E-state index contributed by atoms with van der Waals surface area (Å²) in [5, 5.41) is 0. The average Bonchev–Trinajstić information content (AvgIpc) is 2.38. The van der Waals surface area contributed by atoms with E-state index in [1.807, 2.05) is 18.2 Å². The van der Waals surface area contributed by atoms with Gasteiger partial charge < -0.3 is 5.73 Å². The van der Waals surface area contributed by atoms with Crippen LogP contribution in [-0.2, 0) is 6.54 Å². The lowest BCUT2D eigenvalue weighted by molar-refractivity contribution is 0.629. The van der Waals surface area contributed by atoms with Crippen molar-refractivity contribution in [3.05, 3.63) is 59.4 Å². The van der Waals surface area contributed by atoms with Gasteiger partial charge in [0, 0.05) is 12.1 Å². The second-order valence-corrected chi connectivity index (χ2v) is 4.80. The van der Waals surface area contributed by atoms with E-state index in [0.29, 0.717) is 18.0 Å². The van der Waals surface area contributed by atoms with Crippen molar-refractivity contribution < 1.29 is 4.39 Å². The molecule has 0 heterocycles. The van der Waals surface area contributed by atoms with E-state index in [4.69, 9.17) is 5.73 Å². The highest BCUT2D eigenvalue weighted by Crippen LogP contribution is 2.25. The number of halogens is 1. The minimum absolute atomic E-state index is 0.213. The molecule has 0 radical (unpaired) electrons. The molecule has 0 bridgehead atoms. The number of hydrogen-bond donors (Lipinski definition) is 1. The van der Waals surface area contributed by atoms with Crippen LogP contribution in [0.3, 0.4) is 0 Å². The first-order valence-electron chi connectivity index (χ1n) is 6.20. The monoisotopic (exact) mass is 243 g/mol. The zero-order valence-corrected chi connectivity index (χ0v) is 10.8. The van der Waals surface area contributed by atoms with Crippen LogP contribution >= 0.6 is 0 Å². The summed E-state index contributed by atoms with van der Waals surface area (Å²) < 4.78 is 13.9. The van der Waals surface area contributed by atoms with Crippen LogP contribution in [0.25, 0.3) is 11.1 Å². The van der Waals surface area contributed by atoms with E-state index in [1.54, 1.807) is 6.07 Å². The maximum atomic E-state index is 13.9. The highest BCUT2D eigenvalue weighted by molar-refractivity contribution is 5.64. The van der Waals surface area contributed by atoms with E-state index in [1.165, 1.54) is 11.6 Å². The Morgan fingerprint density at radius 1 is 1.06 bits per heavy atom. The van der Waals surface area contributed by atoms with Crippen LogP contribution in [0.1, 0.15) is 30.9 Å². The largest absolute Gasteiger partial charge is 0.326 e. The van der Waals surface area contributed by atoms with E-state index < -0.39 is 0 Å². The van der Waals surface area contributed by atoms with Crippen LogP contribution in [-0.4, -0.2) is 0 Å². The first-order chi connectivity index (χ1) is 8.61. The lowest BCUT2D eigenvalue weighted by atomic mass is 9.98. The van der Waals surface area contributed by atoms with Crippen molar-refractivity contribution in [3.8, 4) is 11.1 Å². The minimum atomic E-state index is -0.213. The summed E-state index contributed by atoms with van der Waals surface area (Å²) in [4.78, 5) is 0. The lowest BCUT2D eigenvalue weighted by Gasteiger charge is -2.08. The van der Waals surface area contributed by atoms with Crippen LogP contribution in [0.15, 0.2) is 42.5 Å². The second kappa shape index (κ2) is 5.32. The topological polar surface area (TPSA) is 26.0 Å². The summed E-state index contributed by atoms with van der Waals surface area (Å²) in [6, 6.07) is 13.2. The molecule has 94 valence electrons. The molecule has 2 N–H and O–H groups in total. The Morgan fingerprint density at radius 3 is 2.22 bits per heavy atom. The second-order valence-electron chi connectivity index (χ2n) is 4.80. The van der Waals surface area contributed by atoms with Crippen molar-refractivity contribution >= 4 is 0 Å². The molecule has 2 heteroatoms. The molecule has 0 spiro atoms. The molecule has 0 aliphatic heterocycles. The summed E-state index contributed by atoms with van der Waals surface area (Å²) in [6.45, 7) is 4.65. The van der Waals surface area contributed by atoms with E-state index >= 15 is 0 Å². The van der Waals surface area contributed by atoms with E-state index in [-0.39, 0.29) is 5.82 Å². The van der Waals surface area contributed by atoms with Crippen molar-refractivity contribution in [2.24, 2.45) is 5.73 Å². The highest BCUT2D eigenvalue weighted by atomic mass is 19.1. The standard InChI is InChI=1S/C16H18FN/c1-11(2)13-4-6-14(7-5-13)15-8-3-12(10-18)9-16(15)17/h3-9,11H,10,18H2,1-2H3. The summed E-state index contributed by atoms with van der Waals surface area (Å²) in [5.74, 6) is 0.277. The van der Waals surface area contributed by atoms with Gasteiger partial charge in [0.25, 0.3) is 0 Å². The van der Waals surface area contributed by atoms with Gasteiger partial charge in [0.15, 0.2) is 0 Å². The third-order valence-electron chi connectivity index (χ3n) is 3.16. The van der Waals surface area contributed by atoms with Gasteiger partial charge in [-0.15, -0.1) is 0 Å². The fourth-order valence-corrected chi connectivity index (χ4v) is 1.97. The smallest absolute Gasteiger partial charge is 0.131 e. The lowest BCUT2D eigenvalue weighted by Crippen LogP contribution is -1.97. The predicted octanol–water partition coefficient (Wildman–Crippen LogP) is 4.07. The zero-order chi connectivity index (χ0) is 13.1. The molecule has 1 nitrogen and oxygen atoms in total. The fraction of sp³-hybridized carbons (Fsp3) is 0.250. The van der Waals surface area contributed by atoms with Gasteiger partial charge in [0.2, 0.25) is 0 Å². The van der Waals surface area contributed by atoms with Gasteiger partial charge in [0.05, 0.1) is 0 Å². The Bertz CT molecular complexity index is 529. The van der Waals surface area contributed by atoms with Crippen molar-refractivity contribution in [1.82, 2.24) is 0 Å². The molecular weight excluding hydrogens is 225 g/mol. The van der Waals surface area contributed by atoms with Gasteiger partial charge >= 0.3 is 0 Å². The van der Waals surface area contributed by atoms with Gasteiger partial charge in [-0.25, -0.2) is 4.39 Å². The first kappa shape index (κ1) is 12.8. The van der Waals surface area contributed by atoms with Crippen molar-refractivity contribution in [1.29, 1.82) is 0 Å². The van der Waals surface area contributed by atoms with Crippen LogP contribution in [0.4, 0.5) is 4.39 Å². The Kier molecular flexibility index (Phi) is 3.78. The third kappa shape index (κ3) is 2.59. The number of benzene rings is 2. The molecule has 0 atom stereocenters. The zero-order valence-electron chi connectivity index (χ0n) is 10.8. The van der Waals surface area contributed by atoms with E-state index in [0.717, 1.165) is 11.1 Å². The van der Waals surface area contributed by atoms with Crippen LogP contribution < -0.4 is 5.73 Å². The molecule has 0 saturated heterocycles. The molecule has 0 aromatic heterocycles.